The zero-order valence-electron chi connectivity index (χ0n) is 8.38. The van der Waals surface area contributed by atoms with Crippen molar-refractivity contribution in [1.29, 1.82) is 0 Å². The SMILES string of the molecule is Cl.Cl.NCCSc1onc2ccc(N)cc12. The van der Waals surface area contributed by atoms with Gasteiger partial charge in [0.25, 0.3) is 0 Å². The van der Waals surface area contributed by atoms with Crippen molar-refractivity contribution < 1.29 is 4.52 Å². The van der Waals surface area contributed by atoms with Crippen LogP contribution in [-0.4, -0.2) is 17.5 Å². The van der Waals surface area contributed by atoms with Crippen molar-refractivity contribution in [2.75, 3.05) is 18.0 Å². The number of fused-ring (bicyclic) bond motifs is 1. The van der Waals surface area contributed by atoms with Crippen LogP contribution in [0.3, 0.4) is 0 Å². The number of benzene rings is 1. The predicted molar refractivity (Wildman–Crippen MR) is 72.7 cm³/mol. The van der Waals surface area contributed by atoms with Crippen LogP contribution >= 0.6 is 36.6 Å². The number of aromatic nitrogens is 1. The highest BCUT2D eigenvalue weighted by Crippen LogP contribution is 2.28. The van der Waals surface area contributed by atoms with E-state index in [1.807, 2.05) is 18.2 Å². The molecule has 0 fully saturated rings. The van der Waals surface area contributed by atoms with Crippen LogP contribution in [0.4, 0.5) is 5.69 Å². The van der Waals surface area contributed by atoms with Gasteiger partial charge in [0.2, 0.25) is 5.09 Å². The Morgan fingerprint density at radius 1 is 1.31 bits per heavy atom. The van der Waals surface area contributed by atoms with E-state index < -0.39 is 0 Å². The van der Waals surface area contributed by atoms with Crippen LogP contribution in [0.25, 0.3) is 10.9 Å². The van der Waals surface area contributed by atoms with E-state index in [-0.39, 0.29) is 24.8 Å². The molecule has 0 aliphatic carbocycles. The summed E-state index contributed by atoms with van der Waals surface area (Å²) in [4.78, 5) is 0. The Morgan fingerprint density at radius 2 is 2.06 bits per heavy atom. The van der Waals surface area contributed by atoms with Crippen LogP contribution in [0.5, 0.6) is 0 Å². The van der Waals surface area contributed by atoms with Crippen LogP contribution in [0.2, 0.25) is 0 Å². The maximum absolute atomic E-state index is 5.68. The van der Waals surface area contributed by atoms with Gasteiger partial charge in [0.1, 0.15) is 5.52 Å². The van der Waals surface area contributed by atoms with Gasteiger partial charge in [-0.1, -0.05) is 16.9 Å². The summed E-state index contributed by atoms with van der Waals surface area (Å²) in [6, 6.07) is 5.52. The summed E-state index contributed by atoms with van der Waals surface area (Å²) in [7, 11) is 0. The monoisotopic (exact) mass is 281 g/mol. The lowest BCUT2D eigenvalue weighted by molar-refractivity contribution is 0.358. The second kappa shape index (κ2) is 6.85. The number of nitrogens with two attached hydrogens (primary N) is 2. The minimum atomic E-state index is 0. The summed E-state index contributed by atoms with van der Waals surface area (Å²) in [5, 5.41) is 5.67. The van der Waals surface area contributed by atoms with Crippen molar-refractivity contribution in [2.45, 2.75) is 5.09 Å². The van der Waals surface area contributed by atoms with Crippen LogP contribution in [-0.2, 0) is 0 Å². The Labute approximate surface area is 110 Å². The zero-order valence-corrected chi connectivity index (χ0v) is 10.8. The van der Waals surface area contributed by atoms with Gasteiger partial charge in [-0.2, -0.15) is 0 Å². The van der Waals surface area contributed by atoms with Crippen molar-refractivity contribution in [3.63, 3.8) is 0 Å². The Hall–Kier alpha value is -0.620. The number of halogens is 2. The molecule has 1 aromatic heterocycles. The van der Waals surface area contributed by atoms with Crippen molar-refractivity contribution in [3.05, 3.63) is 18.2 Å². The molecular weight excluding hydrogens is 269 g/mol. The second-order valence-electron chi connectivity index (χ2n) is 2.88. The van der Waals surface area contributed by atoms with Gasteiger partial charge in [-0.15, -0.1) is 24.8 Å². The molecule has 7 heteroatoms. The number of hydrogen-bond acceptors (Lipinski definition) is 5. The van der Waals surface area contributed by atoms with Gasteiger partial charge in [0, 0.05) is 18.0 Å². The van der Waals surface area contributed by atoms with Gasteiger partial charge >= 0.3 is 0 Å². The van der Waals surface area contributed by atoms with E-state index in [1.165, 1.54) is 0 Å². The molecule has 2 rings (SSSR count). The number of thioether (sulfide) groups is 1. The molecule has 4 N–H and O–H groups in total. The molecule has 16 heavy (non-hydrogen) atoms. The lowest BCUT2D eigenvalue weighted by Crippen LogP contribution is -2.00. The lowest BCUT2D eigenvalue weighted by Gasteiger charge is -1.94. The largest absolute Gasteiger partial charge is 0.399 e. The average Bonchev–Trinajstić information content (AvgIpc) is 2.57. The molecule has 0 aliphatic rings. The van der Waals surface area contributed by atoms with E-state index in [0.717, 1.165) is 27.4 Å². The summed E-state index contributed by atoms with van der Waals surface area (Å²) in [5.74, 6) is 0.819. The first-order chi connectivity index (χ1) is 6.81. The molecule has 0 spiro atoms. The van der Waals surface area contributed by atoms with Crippen molar-refractivity contribution in [3.8, 4) is 0 Å². The van der Waals surface area contributed by atoms with Crippen LogP contribution < -0.4 is 11.5 Å². The highest BCUT2D eigenvalue weighted by atomic mass is 35.5. The first-order valence-corrected chi connectivity index (χ1v) is 5.27. The predicted octanol–water partition coefficient (Wildman–Crippen LogP) is 2.30. The van der Waals surface area contributed by atoms with E-state index in [1.54, 1.807) is 11.8 Å². The molecule has 0 saturated carbocycles. The summed E-state index contributed by atoms with van der Waals surface area (Å²) in [6.07, 6.45) is 0. The van der Waals surface area contributed by atoms with Gasteiger partial charge in [0.05, 0.1) is 5.39 Å². The van der Waals surface area contributed by atoms with E-state index in [4.69, 9.17) is 16.0 Å². The molecule has 4 nitrogen and oxygen atoms in total. The summed E-state index contributed by atoms with van der Waals surface area (Å²) in [5.41, 5.74) is 12.6. The quantitative estimate of drug-likeness (QED) is 0.667. The van der Waals surface area contributed by atoms with Crippen molar-refractivity contribution >= 4 is 53.2 Å². The number of hydrogen-bond donors (Lipinski definition) is 2. The van der Waals surface area contributed by atoms with Crippen LogP contribution in [0, 0.1) is 0 Å². The molecule has 0 unspecified atom stereocenters. The fourth-order valence-corrected chi connectivity index (χ4v) is 1.90. The molecule has 1 aromatic carbocycles. The highest BCUT2D eigenvalue weighted by molar-refractivity contribution is 7.99. The third-order valence-electron chi connectivity index (χ3n) is 1.82. The first kappa shape index (κ1) is 15.4. The molecule has 0 amide bonds. The van der Waals surface area contributed by atoms with Crippen LogP contribution in [0.1, 0.15) is 0 Å². The molecule has 0 atom stereocenters. The summed E-state index contributed by atoms with van der Waals surface area (Å²) < 4.78 is 5.17. The first-order valence-electron chi connectivity index (χ1n) is 4.29. The third-order valence-corrected chi connectivity index (χ3v) is 2.81. The Balaban J connectivity index is 0.00000112. The van der Waals surface area contributed by atoms with Gasteiger partial charge < -0.3 is 16.0 Å². The lowest BCUT2D eigenvalue weighted by atomic mass is 10.2. The second-order valence-corrected chi connectivity index (χ2v) is 3.95. The topological polar surface area (TPSA) is 78.1 Å². The van der Waals surface area contributed by atoms with E-state index in [0.29, 0.717) is 6.54 Å². The molecule has 2 aromatic rings. The number of rotatable bonds is 3. The van der Waals surface area contributed by atoms with E-state index in [2.05, 4.69) is 5.16 Å². The van der Waals surface area contributed by atoms with Gasteiger partial charge in [-0.25, -0.2) is 0 Å². The molecule has 0 radical (unpaired) electrons. The van der Waals surface area contributed by atoms with Crippen LogP contribution in [0.15, 0.2) is 27.8 Å². The maximum Gasteiger partial charge on any atom is 0.201 e. The Bertz CT molecular complexity index is 449. The molecule has 90 valence electrons. The minimum absolute atomic E-state index is 0. The molecular formula is C9H13Cl2N3OS. The number of nitrogen functional groups attached to an aromatic ring is 1. The average molecular weight is 282 g/mol. The van der Waals surface area contributed by atoms with E-state index >= 15 is 0 Å². The molecule has 0 aliphatic heterocycles. The molecule has 1 heterocycles. The van der Waals surface area contributed by atoms with Gasteiger partial charge in [0.15, 0.2) is 0 Å². The van der Waals surface area contributed by atoms with Gasteiger partial charge in [-0.05, 0) is 18.2 Å². The summed E-state index contributed by atoms with van der Waals surface area (Å²) in [6.45, 7) is 0.620. The third kappa shape index (κ3) is 3.18. The fraction of sp³-hybridized carbons (Fsp3) is 0.222. The van der Waals surface area contributed by atoms with E-state index in [9.17, 15) is 0 Å². The highest BCUT2D eigenvalue weighted by Gasteiger charge is 2.08. The molecule has 0 bridgehead atoms. The zero-order chi connectivity index (χ0) is 9.97. The van der Waals surface area contributed by atoms with Crippen molar-refractivity contribution in [2.24, 2.45) is 5.73 Å². The maximum atomic E-state index is 5.68. The standard InChI is InChI=1S/C9H11N3OS.2ClH/c10-3-4-14-9-7-5-6(11)1-2-8(7)12-13-9;;/h1-2,5H,3-4,10-11H2;2*1H. The number of anilines is 1. The van der Waals surface area contributed by atoms with Gasteiger partial charge in [-0.3, -0.25) is 0 Å². The van der Waals surface area contributed by atoms with Crippen molar-refractivity contribution in [1.82, 2.24) is 5.16 Å². The Morgan fingerprint density at radius 3 is 2.75 bits per heavy atom. The fourth-order valence-electron chi connectivity index (χ4n) is 1.19. The summed E-state index contributed by atoms with van der Waals surface area (Å²) >= 11 is 1.56. The minimum Gasteiger partial charge on any atom is -0.399 e. The Kier molecular flexibility index (Phi) is 6.59. The smallest absolute Gasteiger partial charge is 0.201 e. The molecule has 0 saturated heterocycles. The number of nitrogens with zero attached hydrogens (tertiary/aromatic N) is 1. The normalized spacial score (nSPS) is 9.56.